The van der Waals surface area contributed by atoms with Gasteiger partial charge in [0, 0.05) is 36.1 Å². The van der Waals surface area contributed by atoms with Crippen LogP contribution in [0.5, 0.6) is 0 Å². The van der Waals surface area contributed by atoms with E-state index in [0.717, 1.165) is 37.3 Å². The van der Waals surface area contributed by atoms with Gasteiger partial charge < -0.3 is 20.5 Å². The van der Waals surface area contributed by atoms with Gasteiger partial charge in [-0.15, -0.1) is 0 Å². The minimum atomic E-state index is -0.197. The van der Waals surface area contributed by atoms with E-state index in [1.807, 2.05) is 48.5 Å². The second-order valence-corrected chi connectivity index (χ2v) is 9.57. The minimum absolute atomic E-state index is 0.125. The molecule has 39 heavy (non-hydrogen) atoms. The van der Waals surface area contributed by atoms with Gasteiger partial charge in [0.2, 0.25) is 0 Å². The number of piperidine rings is 1. The number of aromatic nitrogens is 3. The zero-order valence-electron chi connectivity index (χ0n) is 21.4. The van der Waals surface area contributed by atoms with Gasteiger partial charge in [0.15, 0.2) is 5.78 Å². The van der Waals surface area contributed by atoms with E-state index in [1.165, 1.54) is 12.7 Å². The van der Waals surface area contributed by atoms with Gasteiger partial charge in [0.1, 0.15) is 17.8 Å². The van der Waals surface area contributed by atoms with Crippen molar-refractivity contribution < 1.29 is 9.59 Å². The van der Waals surface area contributed by atoms with E-state index in [0.29, 0.717) is 39.2 Å². The fourth-order valence-electron chi connectivity index (χ4n) is 5.04. The number of rotatable bonds is 7. The normalized spacial score (nSPS) is 13.3. The third kappa shape index (κ3) is 5.09. The number of anilines is 4. The molecule has 3 N–H and O–H groups in total. The molecule has 6 rings (SSSR count). The van der Waals surface area contributed by atoms with E-state index in [-0.39, 0.29) is 11.7 Å². The van der Waals surface area contributed by atoms with Gasteiger partial charge in [-0.1, -0.05) is 48.5 Å². The highest BCUT2D eigenvalue weighted by molar-refractivity contribution is 6.18. The lowest BCUT2D eigenvalue weighted by Crippen LogP contribution is -2.30. The summed E-state index contributed by atoms with van der Waals surface area (Å²) < 4.78 is 0. The first-order chi connectivity index (χ1) is 19.2. The average Bonchev–Trinajstić information content (AvgIpc) is 3.43. The van der Waals surface area contributed by atoms with Crippen LogP contribution < -0.4 is 15.5 Å². The number of para-hydroxylation sites is 2. The molecule has 1 fully saturated rings. The van der Waals surface area contributed by atoms with Crippen LogP contribution in [0.15, 0.2) is 91.4 Å². The maximum Gasteiger partial charge on any atom is 0.255 e. The van der Waals surface area contributed by atoms with Crippen molar-refractivity contribution >= 4 is 45.6 Å². The predicted molar refractivity (Wildman–Crippen MR) is 154 cm³/mol. The lowest BCUT2D eigenvalue weighted by Gasteiger charge is -2.30. The van der Waals surface area contributed by atoms with Gasteiger partial charge in [-0.05, 0) is 49.6 Å². The molecule has 0 saturated carbocycles. The summed E-state index contributed by atoms with van der Waals surface area (Å²) in [6.45, 7) is 1.99. The van der Waals surface area contributed by atoms with Gasteiger partial charge >= 0.3 is 0 Å². The minimum Gasteiger partial charge on any atom is -0.370 e. The Bertz CT molecular complexity index is 1640. The highest BCUT2D eigenvalue weighted by Crippen LogP contribution is 2.30. The van der Waals surface area contributed by atoms with Crippen LogP contribution in [0, 0.1) is 0 Å². The summed E-state index contributed by atoms with van der Waals surface area (Å²) in [4.78, 5) is 40.6. The first-order valence-electron chi connectivity index (χ1n) is 13.1. The standard InChI is InChI=1S/C31H28N6O2/c38-28(21-10-3-1-4-11-21)24-19-32-29-27(24)30(34-20-33-29)35-23-13-9-12-22(18-23)31(39)36-25-14-5-6-15-26(25)37-16-7-2-8-17-37/h1,3-6,9-15,18-20H,2,7-8,16-17H2,(H,36,39)(H2,32,33,34,35). The average molecular weight is 517 g/mol. The topological polar surface area (TPSA) is 103 Å². The molecule has 3 aromatic carbocycles. The molecule has 1 amide bonds. The van der Waals surface area contributed by atoms with Crippen LogP contribution in [0.1, 0.15) is 45.5 Å². The zero-order valence-corrected chi connectivity index (χ0v) is 21.4. The summed E-state index contributed by atoms with van der Waals surface area (Å²) in [6.07, 6.45) is 6.65. The number of aromatic amines is 1. The Morgan fingerprint density at radius 3 is 2.44 bits per heavy atom. The van der Waals surface area contributed by atoms with Crippen LogP contribution in [-0.2, 0) is 0 Å². The van der Waals surface area contributed by atoms with Crippen LogP contribution in [0.3, 0.4) is 0 Å². The quantitative estimate of drug-likeness (QED) is 0.223. The summed E-state index contributed by atoms with van der Waals surface area (Å²) in [7, 11) is 0. The third-order valence-corrected chi connectivity index (χ3v) is 6.99. The second-order valence-electron chi connectivity index (χ2n) is 9.57. The van der Waals surface area contributed by atoms with Crippen molar-refractivity contribution in [2.45, 2.75) is 19.3 Å². The summed E-state index contributed by atoms with van der Waals surface area (Å²) in [6, 6.07) is 24.3. The molecule has 194 valence electrons. The van der Waals surface area contributed by atoms with Gasteiger partial charge in [-0.25, -0.2) is 9.97 Å². The van der Waals surface area contributed by atoms with E-state index >= 15 is 0 Å². The Morgan fingerprint density at radius 2 is 1.59 bits per heavy atom. The van der Waals surface area contributed by atoms with Crippen LogP contribution in [-0.4, -0.2) is 39.7 Å². The fraction of sp³-hybridized carbons (Fsp3) is 0.161. The third-order valence-electron chi connectivity index (χ3n) is 6.99. The van der Waals surface area contributed by atoms with Crippen LogP contribution in [0.2, 0.25) is 0 Å². The number of hydrogen-bond donors (Lipinski definition) is 3. The molecule has 0 unspecified atom stereocenters. The molecule has 1 aliphatic rings. The number of benzene rings is 3. The van der Waals surface area contributed by atoms with Gasteiger partial charge in [-0.3, -0.25) is 9.59 Å². The lowest BCUT2D eigenvalue weighted by molar-refractivity contribution is 0.102. The Labute approximate surface area is 226 Å². The molecule has 0 spiro atoms. The van der Waals surface area contributed by atoms with E-state index in [2.05, 4.69) is 36.6 Å². The Hall–Kier alpha value is -4.98. The van der Waals surface area contributed by atoms with Crippen LogP contribution in [0.4, 0.5) is 22.9 Å². The van der Waals surface area contributed by atoms with E-state index < -0.39 is 0 Å². The predicted octanol–water partition coefficient (Wildman–Crippen LogP) is 6.18. The summed E-state index contributed by atoms with van der Waals surface area (Å²) in [5.41, 5.74) is 4.64. The molecule has 8 nitrogen and oxygen atoms in total. The number of hydrogen-bond acceptors (Lipinski definition) is 6. The summed E-state index contributed by atoms with van der Waals surface area (Å²) >= 11 is 0. The van der Waals surface area contributed by atoms with Gasteiger partial charge in [0.05, 0.1) is 22.3 Å². The number of carbonyl (C=O) groups excluding carboxylic acids is 2. The number of nitrogens with zero attached hydrogens (tertiary/aromatic N) is 3. The lowest BCUT2D eigenvalue weighted by atomic mass is 10.0. The molecule has 8 heteroatoms. The molecular weight excluding hydrogens is 488 g/mol. The maximum atomic E-state index is 13.3. The molecule has 1 aliphatic heterocycles. The highest BCUT2D eigenvalue weighted by Gasteiger charge is 2.19. The number of amides is 1. The van der Waals surface area contributed by atoms with E-state index in [9.17, 15) is 9.59 Å². The molecule has 3 heterocycles. The number of H-pyrrole nitrogens is 1. The van der Waals surface area contributed by atoms with Crippen molar-refractivity contribution in [3.05, 3.63) is 108 Å². The van der Waals surface area contributed by atoms with Crippen molar-refractivity contribution in [1.82, 2.24) is 15.0 Å². The van der Waals surface area contributed by atoms with E-state index in [1.54, 1.807) is 30.5 Å². The van der Waals surface area contributed by atoms with Crippen LogP contribution in [0.25, 0.3) is 11.0 Å². The molecule has 0 bridgehead atoms. The van der Waals surface area contributed by atoms with Gasteiger partial charge in [-0.2, -0.15) is 0 Å². The molecule has 5 aromatic rings. The van der Waals surface area contributed by atoms with Crippen molar-refractivity contribution in [2.75, 3.05) is 28.6 Å². The van der Waals surface area contributed by atoms with Crippen molar-refractivity contribution in [3.8, 4) is 0 Å². The number of fused-ring (bicyclic) bond motifs is 1. The summed E-state index contributed by atoms with van der Waals surface area (Å²) in [5, 5.41) is 6.98. The number of nitrogens with one attached hydrogen (secondary N) is 3. The molecule has 2 aromatic heterocycles. The Kier molecular flexibility index (Phi) is 6.74. The SMILES string of the molecule is O=C(Nc1ccccc1N1CCCCC1)c1cccc(Nc2ncnc3[nH]cc(C(=O)c4ccccc4)c23)c1. The molecular formula is C31H28N6O2. The molecule has 0 radical (unpaired) electrons. The van der Waals surface area contributed by atoms with Crippen molar-refractivity contribution in [3.63, 3.8) is 0 Å². The highest BCUT2D eigenvalue weighted by atomic mass is 16.1. The maximum absolute atomic E-state index is 13.3. The monoisotopic (exact) mass is 516 g/mol. The number of ketones is 1. The van der Waals surface area contributed by atoms with Crippen molar-refractivity contribution in [1.29, 1.82) is 0 Å². The largest absolute Gasteiger partial charge is 0.370 e. The fourth-order valence-corrected chi connectivity index (χ4v) is 5.04. The smallest absolute Gasteiger partial charge is 0.255 e. The molecule has 1 saturated heterocycles. The number of carbonyl (C=O) groups is 2. The van der Waals surface area contributed by atoms with Gasteiger partial charge in [0.25, 0.3) is 5.91 Å². The van der Waals surface area contributed by atoms with Crippen LogP contribution >= 0.6 is 0 Å². The first-order valence-corrected chi connectivity index (χ1v) is 13.1. The summed E-state index contributed by atoms with van der Waals surface area (Å²) in [5.74, 6) is 0.159. The molecule has 0 aliphatic carbocycles. The van der Waals surface area contributed by atoms with E-state index in [4.69, 9.17) is 0 Å². The molecule has 0 atom stereocenters. The zero-order chi connectivity index (χ0) is 26.6. The second kappa shape index (κ2) is 10.8. The van der Waals surface area contributed by atoms with Crippen molar-refractivity contribution in [2.24, 2.45) is 0 Å². The Balaban J connectivity index is 1.26. The first kappa shape index (κ1) is 24.4. The Morgan fingerprint density at radius 1 is 0.821 bits per heavy atom.